The highest BCUT2D eigenvalue weighted by Gasteiger charge is 2.23. The summed E-state index contributed by atoms with van der Waals surface area (Å²) in [5.74, 6) is 1.46. The quantitative estimate of drug-likeness (QED) is 0.628. The van der Waals surface area contributed by atoms with Crippen molar-refractivity contribution < 1.29 is 14.3 Å². The van der Waals surface area contributed by atoms with Crippen molar-refractivity contribution >= 4 is 43.9 Å². The fraction of sp³-hybridized carbons (Fsp3) is 0.368. The van der Waals surface area contributed by atoms with Crippen LogP contribution in [0.3, 0.4) is 0 Å². The number of aromatic nitrogens is 1. The van der Waals surface area contributed by atoms with Crippen LogP contribution in [0.15, 0.2) is 29.6 Å². The van der Waals surface area contributed by atoms with Gasteiger partial charge in [-0.1, -0.05) is 17.4 Å². The lowest BCUT2D eigenvalue weighted by atomic mass is 10.3. The van der Waals surface area contributed by atoms with Gasteiger partial charge in [-0.25, -0.2) is 4.98 Å². The van der Waals surface area contributed by atoms with Crippen LogP contribution in [-0.2, 0) is 0 Å². The normalized spacial score (nSPS) is 13.3. The van der Waals surface area contributed by atoms with E-state index in [1.165, 1.54) is 22.7 Å². The molecule has 1 aliphatic heterocycles. The van der Waals surface area contributed by atoms with E-state index in [9.17, 15) is 4.79 Å². The van der Waals surface area contributed by atoms with Crippen molar-refractivity contribution in [3.05, 3.63) is 34.5 Å². The second kappa shape index (κ2) is 7.84. The highest BCUT2D eigenvalue weighted by atomic mass is 32.1. The molecular weight excluding hydrogens is 382 g/mol. The van der Waals surface area contributed by atoms with Gasteiger partial charge in [0.15, 0.2) is 16.6 Å². The lowest BCUT2D eigenvalue weighted by Gasteiger charge is -2.20. The van der Waals surface area contributed by atoms with Gasteiger partial charge in [-0.3, -0.25) is 9.69 Å². The topological polar surface area (TPSA) is 54.9 Å². The lowest BCUT2D eigenvalue weighted by Crippen LogP contribution is -2.32. The molecular formula is C19H21N3O3S2. The van der Waals surface area contributed by atoms with E-state index in [0.29, 0.717) is 30.6 Å². The molecule has 1 aliphatic rings. The van der Waals surface area contributed by atoms with Crippen LogP contribution in [0.2, 0.25) is 0 Å². The van der Waals surface area contributed by atoms with Crippen molar-refractivity contribution in [2.24, 2.45) is 0 Å². The molecule has 0 N–H and O–H groups in total. The Bertz CT molecular complexity index is 894. The minimum absolute atomic E-state index is 0.0000700. The fourth-order valence-electron chi connectivity index (χ4n) is 2.93. The zero-order chi connectivity index (χ0) is 18.8. The molecule has 0 bridgehead atoms. The van der Waals surface area contributed by atoms with Crippen molar-refractivity contribution in [3.8, 4) is 11.5 Å². The number of rotatable bonds is 6. The molecule has 1 amide bonds. The zero-order valence-corrected chi connectivity index (χ0v) is 16.9. The number of fused-ring (bicyclic) bond motifs is 2. The number of amides is 1. The number of hydrogen-bond donors (Lipinski definition) is 0. The monoisotopic (exact) mass is 403 g/mol. The minimum atomic E-state index is 0.0000700. The van der Waals surface area contributed by atoms with Crippen molar-refractivity contribution in [1.82, 2.24) is 9.88 Å². The van der Waals surface area contributed by atoms with E-state index in [2.05, 4.69) is 4.90 Å². The molecule has 0 atom stereocenters. The Hall–Kier alpha value is -2.16. The van der Waals surface area contributed by atoms with Crippen molar-refractivity contribution in [2.45, 2.75) is 6.42 Å². The number of hydrogen-bond acceptors (Lipinski definition) is 7. The molecule has 0 saturated carbocycles. The van der Waals surface area contributed by atoms with Gasteiger partial charge in [0.25, 0.3) is 5.91 Å². The predicted octanol–water partition coefficient (Wildman–Crippen LogP) is 3.73. The predicted molar refractivity (Wildman–Crippen MR) is 110 cm³/mol. The van der Waals surface area contributed by atoms with E-state index >= 15 is 0 Å². The van der Waals surface area contributed by atoms with Crippen LogP contribution in [-0.4, -0.2) is 56.2 Å². The summed E-state index contributed by atoms with van der Waals surface area (Å²) in [7, 11) is 4.07. The maximum atomic E-state index is 13.1. The minimum Gasteiger partial charge on any atom is -0.486 e. The van der Waals surface area contributed by atoms with E-state index in [0.717, 1.165) is 33.8 Å². The van der Waals surface area contributed by atoms with E-state index < -0.39 is 0 Å². The number of ether oxygens (including phenoxy) is 2. The van der Waals surface area contributed by atoms with Gasteiger partial charge in [0, 0.05) is 18.7 Å². The van der Waals surface area contributed by atoms with Gasteiger partial charge >= 0.3 is 0 Å². The van der Waals surface area contributed by atoms with E-state index in [4.69, 9.17) is 14.5 Å². The standard InChI is InChI=1S/C19H21N3O3S2/c1-21(2)6-4-7-22(18(23)16-5-3-10-26-16)19-20-13-11-14-15(12-17(13)27-19)25-9-8-24-14/h3,5,10-12H,4,6-9H2,1-2H3. The van der Waals surface area contributed by atoms with Gasteiger partial charge in [0.1, 0.15) is 13.2 Å². The number of thiophene rings is 1. The maximum absolute atomic E-state index is 13.1. The third-order valence-electron chi connectivity index (χ3n) is 4.24. The number of benzene rings is 1. The SMILES string of the molecule is CN(C)CCCN(C(=O)c1cccs1)c1nc2cc3c(cc2s1)OCCO3. The first-order valence-electron chi connectivity index (χ1n) is 8.82. The molecule has 1 aromatic carbocycles. The Balaban J connectivity index is 1.66. The van der Waals surface area contributed by atoms with Gasteiger partial charge in [0.05, 0.1) is 15.1 Å². The maximum Gasteiger partial charge on any atom is 0.270 e. The first-order valence-corrected chi connectivity index (χ1v) is 10.5. The summed E-state index contributed by atoms with van der Waals surface area (Å²) in [6, 6.07) is 7.62. The smallest absolute Gasteiger partial charge is 0.270 e. The molecule has 142 valence electrons. The van der Waals surface area contributed by atoms with E-state index in [1.54, 1.807) is 4.90 Å². The number of carbonyl (C=O) groups excluding carboxylic acids is 1. The summed E-state index contributed by atoms with van der Waals surface area (Å²) >= 11 is 2.97. The van der Waals surface area contributed by atoms with Crippen molar-refractivity contribution in [1.29, 1.82) is 0 Å². The molecule has 0 spiro atoms. The van der Waals surface area contributed by atoms with Gasteiger partial charge in [0.2, 0.25) is 0 Å². The Morgan fingerprint density at radius 2 is 1.96 bits per heavy atom. The van der Waals surface area contributed by atoms with Crippen LogP contribution < -0.4 is 14.4 Å². The zero-order valence-electron chi connectivity index (χ0n) is 15.3. The van der Waals surface area contributed by atoms with Crippen LogP contribution in [0, 0.1) is 0 Å². The first-order chi connectivity index (χ1) is 13.1. The van der Waals surface area contributed by atoms with Crippen LogP contribution in [0.1, 0.15) is 16.1 Å². The Morgan fingerprint density at radius 3 is 2.67 bits per heavy atom. The average Bonchev–Trinajstić information content (AvgIpc) is 3.32. The Morgan fingerprint density at radius 1 is 1.19 bits per heavy atom. The molecule has 27 heavy (non-hydrogen) atoms. The molecule has 0 fully saturated rings. The van der Waals surface area contributed by atoms with Crippen molar-refractivity contribution in [2.75, 3.05) is 45.3 Å². The summed E-state index contributed by atoms with van der Waals surface area (Å²) in [6.45, 7) is 2.64. The summed E-state index contributed by atoms with van der Waals surface area (Å²) in [5.41, 5.74) is 0.829. The lowest BCUT2D eigenvalue weighted by molar-refractivity contribution is 0.0990. The number of thiazole rings is 1. The Kier molecular flexibility index (Phi) is 5.29. The molecule has 4 rings (SSSR count). The van der Waals surface area contributed by atoms with Crippen molar-refractivity contribution in [3.63, 3.8) is 0 Å². The summed E-state index contributed by atoms with van der Waals surface area (Å²) in [4.78, 5) is 22.4. The molecule has 3 aromatic rings. The van der Waals surface area contributed by atoms with Crippen LogP contribution >= 0.6 is 22.7 Å². The third kappa shape index (κ3) is 3.92. The highest BCUT2D eigenvalue weighted by Crippen LogP contribution is 2.39. The van der Waals surface area contributed by atoms with Gasteiger partial charge in [-0.15, -0.1) is 11.3 Å². The number of anilines is 1. The Labute approximate surface area is 165 Å². The molecule has 0 saturated heterocycles. The number of carbonyl (C=O) groups is 1. The van der Waals surface area contributed by atoms with Crippen LogP contribution in [0.25, 0.3) is 10.2 Å². The van der Waals surface area contributed by atoms with Gasteiger partial charge in [-0.05, 0) is 38.5 Å². The molecule has 3 heterocycles. The van der Waals surface area contributed by atoms with Gasteiger partial charge in [-0.2, -0.15) is 0 Å². The first kappa shape index (κ1) is 18.2. The van der Waals surface area contributed by atoms with E-state index in [1.807, 2.05) is 43.7 Å². The average molecular weight is 404 g/mol. The second-order valence-corrected chi connectivity index (χ2v) is 8.51. The van der Waals surface area contributed by atoms with Gasteiger partial charge < -0.3 is 14.4 Å². The van der Waals surface area contributed by atoms with E-state index in [-0.39, 0.29) is 5.91 Å². The number of nitrogens with zero attached hydrogens (tertiary/aromatic N) is 3. The fourth-order valence-corrected chi connectivity index (χ4v) is 4.60. The highest BCUT2D eigenvalue weighted by molar-refractivity contribution is 7.22. The van der Waals surface area contributed by atoms with Crippen LogP contribution in [0.5, 0.6) is 11.5 Å². The summed E-state index contributed by atoms with van der Waals surface area (Å²) < 4.78 is 12.3. The van der Waals surface area contributed by atoms with Crippen LogP contribution in [0.4, 0.5) is 5.13 Å². The molecule has 6 nitrogen and oxygen atoms in total. The molecule has 0 unspecified atom stereocenters. The molecule has 2 aromatic heterocycles. The molecule has 0 radical (unpaired) electrons. The second-order valence-electron chi connectivity index (χ2n) is 6.55. The third-order valence-corrected chi connectivity index (χ3v) is 6.14. The largest absolute Gasteiger partial charge is 0.486 e. The molecule has 8 heteroatoms. The summed E-state index contributed by atoms with van der Waals surface area (Å²) in [6.07, 6.45) is 0.878. The molecule has 0 aliphatic carbocycles. The summed E-state index contributed by atoms with van der Waals surface area (Å²) in [5, 5.41) is 2.64.